The Labute approximate surface area is 111 Å². The summed E-state index contributed by atoms with van der Waals surface area (Å²) in [6.07, 6.45) is 1.76. The Kier molecular flexibility index (Phi) is 3.09. The molecule has 1 aromatic carbocycles. The van der Waals surface area contributed by atoms with E-state index in [1.807, 2.05) is 19.1 Å². The molecule has 0 amide bonds. The van der Waals surface area contributed by atoms with Gasteiger partial charge in [0, 0.05) is 17.5 Å². The maximum atomic E-state index is 5.47. The average molecular weight is 256 g/mol. The molecule has 4 nitrogen and oxygen atoms in total. The molecule has 2 aromatic heterocycles. The van der Waals surface area contributed by atoms with E-state index in [2.05, 4.69) is 22.1 Å². The summed E-state index contributed by atoms with van der Waals surface area (Å²) in [5.41, 5.74) is 2.99. The number of ether oxygens (including phenoxy) is 2. The van der Waals surface area contributed by atoms with Crippen LogP contribution in [0.1, 0.15) is 12.6 Å². The maximum Gasteiger partial charge on any atom is 0.147 e. The van der Waals surface area contributed by atoms with E-state index < -0.39 is 0 Å². The molecule has 0 aliphatic rings. The largest absolute Gasteiger partial charge is 0.494 e. The van der Waals surface area contributed by atoms with Crippen LogP contribution < -0.4 is 4.74 Å². The molecule has 0 aliphatic carbocycles. The van der Waals surface area contributed by atoms with Crippen LogP contribution in [-0.4, -0.2) is 23.7 Å². The molecule has 1 N–H and O–H groups in total. The number of rotatable bonds is 4. The minimum absolute atomic E-state index is 0.504. The Morgan fingerprint density at radius 1 is 1.26 bits per heavy atom. The van der Waals surface area contributed by atoms with Gasteiger partial charge in [-0.15, -0.1) is 0 Å². The SMILES string of the molecule is CCOCc1ncc(OC)c2c1[nH]c1ccccc12. The fourth-order valence-corrected chi connectivity index (χ4v) is 2.34. The third-order valence-electron chi connectivity index (χ3n) is 3.24. The van der Waals surface area contributed by atoms with E-state index in [-0.39, 0.29) is 0 Å². The number of hydrogen-bond donors (Lipinski definition) is 1. The van der Waals surface area contributed by atoms with Crippen LogP contribution in [0, 0.1) is 0 Å². The van der Waals surface area contributed by atoms with E-state index in [4.69, 9.17) is 9.47 Å². The van der Waals surface area contributed by atoms with E-state index >= 15 is 0 Å². The number of nitrogens with zero attached hydrogens (tertiary/aromatic N) is 1. The van der Waals surface area contributed by atoms with Gasteiger partial charge in [-0.25, -0.2) is 0 Å². The Morgan fingerprint density at radius 3 is 2.89 bits per heavy atom. The molecule has 98 valence electrons. The lowest BCUT2D eigenvalue weighted by Gasteiger charge is -2.06. The number of para-hydroxylation sites is 1. The van der Waals surface area contributed by atoms with Crippen LogP contribution in [0.2, 0.25) is 0 Å². The number of methoxy groups -OCH3 is 1. The highest BCUT2D eigenvalue weighted by Crippen LogP contribution is 2.33. The van der Waals surface area contributed by atoms with Crippen molar-refractivity contribution in [1.82, 2.24) is 9.97 Å². The second-order valence-electron chi connectivity index (χ2n) is 4.33. The molecule has 0 atom stereocenters. The van der Waals surface area contributed by atoms with E-state index in [0.29, 0.717) is 13.2 Å². The summed E-state index contributed by atoms with van der Waals surface area (Å²) in [5.74, 6) is 0.785. The fraction of sp³-hybridized carbons (Fsp3) is 0.267. The van der Waals surface area contributed by atoms with Gasteiger partial charge in [-0.1, -0.05) is 18.2 Å². The van der Waals surface area contributed by atoms with Crippen LogP contribution in [0.15, 0.2) is 30.5 Å². The number of H-pyrrole nitrogens is 1. The second kappa shape index (κ2) is 4.90. The molecule has 4 heteroatoms. The number of aromatic nitrogens is 2. The molecule has 2 heterocycles. The highest BCUT2D eigenvalue weighted by molar-refractivity contribution is 6.10. The highest BCUT2D eigenvalue weighted by atomic mass is 16.5. The lowest BCUT2D eigenvalue weighted by atomic mass is 10.1. The minimum Gasteiger partial charge on any atom is -0.494 e. The van der Waals surface area contributed by atoms with Crippen LogP contribution in [0.5, 0.6) is 5.75 Å². The number of fused-ring (bicyclic) bond motifs is 3. The Balaban J connectivity index is 2.31. The lowest BCUT2D eigenvalue weighted by molar-refractivity contribution is 0.132. The molecular formula is C15H16N2O2. The first-order valence-corrected chi connectivity index (χ1v) is 6.35. The van der Waals surface area contributed by atoms with Crippen molar-refractivity contribution in [2.75, 3.05) is 13.7 Å². The number of benzene rings is 1. The average Bonchev–Trinajstić information content (AvgIpc) is 2.84. The van der Waals surface area contributed by atoms with Crippen molar-refractivity contribution in [1.29, 1.82) is 0 Å². The third-order valence-corrected chi connectivity index (χ3v) is 3.24. The van der Waals surface area contributed by atoms with Gasteiger partial charge in [-0.3, -0.25) is 4.98 Å². The van der Waals surface area contributed by atoms with Crippen molar-refractivity contribution in [3.8, 4) is 5.75 Å². The predicted molar refractivity (Wildman–Crippen MR) is 75.5 cm³/mol. The fourth-order valence-electron chi connectivity index (χ4n) is 2.34. The van der Waals surface area contributed by atoms with Crippen molar-refractivity contribution in [3.05, 3.63) is 36.2 Å². The van der Waals surface area contributed by atoms with E-state index in [1.54, 1.807) is 13.3 Å². The second-order valence-corrected chi connectivity index (χ2v) is 4.33. The summed E-state index contributed by atoms with van der Waals surface area (Å²) in [5, 5.41) is 2.22. The van der Waals surface area contributed by atoms with Gasteiger partial charge in [0.1, 0.15) is 5.75 Å². The molecule has 0 spiro atoms. The Bertz CT molecular complexity index is 719. The molecule has 0 saturated heterocycles. The first-order valence-electron chi connectivity index (χ1n) is 6.35. The van der Waals surface area contributed by atoms with E-state index in [9.17, 15) is 0 Å². The third kappa shape index (κ3) is 1.94. The van der Waals surface area contributed by atoms with Gasteiger partial charge < -0.3 is 14.5 Å². The van der Waals surface area contributed by atoms with Gasteiger partial charge in [0.25, 0.3) is 0 Å². The van der Waals surface area contributed by atoms with E-state index in [0.717, 1.165) is 33.2 Å². The topological polar surface area (TPSA) is 47.1 Å². The number of hydrogen-bond acceptors (Lipinski definition) is 3. The Morgan fingerprint density at radius 2 is 2.11 bits per heavy atom. The van der Waals surface area contributed by atoms with Crippen LogP contribution in [0.3, 0.4) is 0 Å². The van der Waals surface area contributed by atoms with Crippen LogP contribution in [0.4, 0.5) is 0 Å². The van der Waals surface area contributed by atoms with Crippen molar-refractivity contribution in [2.45, 2.75) is 13.5 Å². The van der Waals surface area contributed by atoms with Gasteiger partial charge in [-0.05, 0) is 13.0 Å². The summed E-state index contributed by atoms with van der Waals surface area (Å²) in [6, 6.07) is 8.18. The zero-order valence-corrected chi connectivity index (χ0v) is 11.1. The molecule has 19 heavy (non-hydrogen) atoms. The Hall–Kier alpha value is -2.07. The summed E-state index contributed by atoms with van der Waals surface area (Å²) in [7, 11) is 1.67. The summed E-state index contributed by atoms with van der Waals surface area (Å²) in [4.78, 5) is 7.84. The predicted octanol–water partition coefficient (Wildman–Crippen LogP) is 3.26. The van der Waals surface area contributed by atoms with Crippen LogP contribution >= 0.6 is 0 Å². The normalized spacial score (nSPS) is 11.3. The molecular weight excluding hydrogens is 240 g/mol. The van der Waals surface area contributed by atoms with Crippen molar-refractivity contribution in [2.24, 2.45) is 0 Å². The lowest BCUT2D eigenvalue weighted by Crippen LogP contribution is -1.97. The summed E-state index contributed by atoms with van der Waals surface area (Å²) < 4.78 is 10.9. The highest BCUT2D eigenvalue weighted by Gasteiger charge is 2.13. The molecule has 0 fully saturated rings. The molecule has 0 saturated carbocycles. The van der Waals surface area contributed by atoms with Gasteiger partial charge in [0.05, 0.1) is 36.5 Å². The van der Waals surface area contributed by atoms with Crippen molar-refractivity contribution in [3.63, 3.8) is 0 Å². The molecule has 3 aromatic rings. The molecule has 3 rings (SSSR count). The van der Waals surface area contributed by atoms with E-state index in [1.165, 1.54) is 0 Å². The summed E-state index contributed by atoms with van der Waals surface area (Å²) in [6.45, 7) is 3.16. The zero-order chi connectivity index (χ0) is 13.2. The van der Waals surface area contributed by atoms with Gasteiger partial charge in [0.15, 0.2) is 0 Å². The standard InChI is InChI=1S/C15H16N2O2/c1-3-19-9-12-15-14(13(18-2)8-16-12)10-6-4-5-7-11(10)17-15/h4-8,17H,3,9H2,1-2H3. The summed E-state index contributed by atoms with van der Waals surface area (Å²) >= 11 is 0. The maximum absolute atomic E-state index is 5.47. The van der Waals surface area contributed by atoms with Crippen molar-refractivity contribution >= 4 is 21.8 Å². The van der Waals surface area contributed by atoms with Crippen LogP contribution in [0.25, 0.3) is 21.8 Å². The van der Waals surface area contributed by atoms with Crippen LogP contribution in [-0.2, 0) is 11.3 Å². The zero-order valence-electron chi connectivity index (χ0n) is 11.1. The van der Waals surface area contributed by atoms with Gasteiger partial charge >= 0.3 is 0 Å². The first-order chi connectivity index (χ1) is 9.35. The van der Waals surface area contributed by atoms with Gasteiger partial charge in [-0.2, -0.15) is 0 Å². The number of pyridine rings is 1. The molecule has 0 radical (unpaired) electrons. The molecule has 0 aliphatic heterocycles. The number of nitrogens with one attached hydrogen (secondary N) is 1. The minimum atomic E-state index is 0.504. The monoisotopic (exact) mass is 256 g/mol. The number of aromatic amines is 1. The molecule has 0 unspecified atom stereocenters. The van der Waals surface area contributed by atoms with Gasteiger partial charge in [0.2, 0.25) is 0 Å². The van der Waals surface area contributed by atoms with Crippen molar-refractivity contribution < 1.29 is 9.47 Å². The molecule has 0 bridgehead atoms. The smallest absolute Gasteiger partial charge is 0.147 e. The quantitative estimate of drug-likeness (QED) is 0.779. The first kappa shape index (κ1) is 12.0.